The second kappa shape index (κ2) is 7.47. The second-order valence-electron chi connectivity index (χ2n) is 4.98. The molecule has 0 aliphatic carbocycles. The minimum atomic E-state index is -4.32. The maximum Gasteiger partial charge on any atom is 0.361 e. The van der Waals surface area contributed by atoms with Crippen LogP contribution < -0.4 is 24.2 Å². The van der Waals surface area contributed by atoms with Crippen molar-refractivity contribution in [1.29, 1.82) is 0 Å². The number of aromatic nitrogens is 3. The van der Waals surface area contributed by atoms with Crippen LogP contribution in [0.25, 0.3) is 0 Å². The molecule has 0 radical (unpaired) electrons. The zero-order chi connectivity index (χ0) is 19.5. The molecule has 2 rings (SSSR count). The Balaban J connectivity index is 2.33. The van der Waals surface area contributed by atoms with E-state index in [-0.39, 0.29) is 18.2 Å². The lowest BCUT2D eigenvalue weighted by Crippen LogP contribution is -2.46. The fraction of sp³-hybridized carbons (Fsp3) is 0.357. The Hall–Kier alpha value is -3.02. The minimum absolute atomic E-state index is 0.108. The van der Waals surface area contributed by atoms with Gasteiger partial charge < -0.3 is 9.47 Å². The Morgan fingerprint density at radius 3 is 2.46 bits per heavy atom. The molecular weight excluding hydrogens is 366 g/mol. The molecule has 0 aliphatic rings. The van der Waals surface area contributed by atoms with Gasteiger partial charge >= 0.3 is 27.9 Å². The van der Waals surface area contributed by atoms with Gasteiger partial charge in [0.2, 0.25) is 0 Å². The van der Waals surface area contributed by atoms with Crippen LogP contribution in [-0.2, 0) is 16.8 Å². The van der Waals surface area contributed by atoms with E-state index in [9.17, 15) is 18.0 Å². The van der Waals surface area contributed by atoms with Crippen LogP contribution in [0.3, 0.4) is 0 Å². The number of anilines is 1. The average Bonchev–Trinajstić information content (AvgIpc) is 2.96. The molecule has 1 aromatic carbocycles. The highest BCUT2D eigenvalue weighted by molar-refractivity contribution is 7.91. The summed E-state index contributed by atoms with van der Waals surface area (Å²) in [5.74, 6) is 0.293. The van der Waals surface area contributed by atoms with Crippen LogP contribution in [0.4, 0.5) is 10.5 Å². The van der Waals surface area contributed by atoms with Gasteiger partial charge in [0.15, 0.2) is 0 Å². The molecule has 1 aromatic heterocycles. The third kappa shape index (κ3) is 3.49. The number of amides is 1. The summed E-state index contributed by atoms with van der Waals surface area (Å²) < 4.78 is 39.0. The first-order chi connectivity index (χ1) is 12.3. The van der Waals surface area contributed by atoms with E-state index in [1.807, 2.05) is 0 Å². The van der Waals surface area contributed by atoms with Crippen LogP contribution >= 0.6 is 0 Å². The summed E-state index contributed by atoms with van der Waals surface area (Å²) >= 11 is 0. The quantitative estimate of drug-likeness (QED) is 0.743. The number of methoxy groups -OCH3 is 2. The van der Waals surface area contributed by atoms with Crippen molar-refractivity contribution >= 4 is 21.9 Å². The van der Waals surface area contributed by atoms with Crippen LogP contribution in [0.5, 0.6) is 11.8 Å². The number of hydrogen-bond acceptors (Lipinski definition) is 7. The van der Waals surface area contributed by atoms with Gasteiger partial charge in [0, 0.05) is 13.6 Å². The van der Waals surface area contributed by atoms with Crippen LogP contribution in [0, 0.1) is 0 Å². The molecule has 0 saturated carbocycles. The number of hydrogen-bond donors (Lipinski definition) is 1. The summed E-state index contributed by atoms with van der Waals surface area (Å²) in [5, 5.41) is 3.67. The lowest BCUT2D eigenvalue weighted by atomic mass is 10.3. The van der Waals surface area contributed by atoms with Gasteiger partial charge in [0.25, 0.3) is 0 Å². The highest BCUT2D eigenvalue weighted by Crippen LogP contribution is 2.27. The van der Waals surface area contributed by atoms with Crippen molar-refractivity contribution in [2.45, 2.75) is 13.5 Å². The van der Waals surface area contributed by atoms with Crippen molar-refractivity contribution in [3.8, 4) is 11.8 Å². The average molecular weight is 385 g/mol. The number of nitrogens with one attached hydrogen (secondary N) is 1. The zero-order valence-electron chi connectivity index (χ0n) is 14.7. The molecule has 142 valence electrons. The molecule has 0 aliphatic heterocycles. The van der Waals surface area contributed by atoms with E-state index in [0.717, 1.165) is 8.87 Å². The van der Waals surface area contributed by atoms with E-state index >= 15 is 0 Å². The normalized spacial score (nSPS) is 11.1. The third-order valence-corrected chi connectivity index (χ3v) is 4.87. The number of benzene rings is 1. The zero-order valence-corrected chi connectivity index (χ0v) is 15.5. The van der Waals surface area contributed by atoms with Gasteiger partial charge in [-0.25, -0.2) is 18.9 Å². The van der Waals surface area contributed by atoms with Gasteiger partial charge in [0.05, 0.1) is 19.9 Å². The summed E-state index contributed by atoms with van der Waals surface area (Å²) in [4.78, 5) is 24.4. The largest absolute Gasteiger partial charge is 0.495 e. The van der Waals surface area contributed by atoms with E-state index in [0.29, 0.717) is 10.4 Å². The predicted octanol–water partition coefficient (Wildman–Crippen LogP) is 0.0208. The van der Waals surface area contributed by atoms with Gasteiger partial charge in [-0.15, -0.1) is 9.78 Å². The Bertz CT molecular complexity index is 964. The molecule has 0 spiro atoms. The molecule has 1 heterocycles. The molecule has 1 N–H and O–H groups in total. The third-order valence-electron chi connectivity index (χ3n) is 3.52. The maximum absolute atomic E-state index is 12.5. The fourth-order valence-electron chi connectivity index (χ4n) is 2.17. The molecule has 0 bridgehead atoms. The number of rotatable bonds is 6. The smallest absolute Gasteiger partial charge is 0.361 e. The monoisotopic (exact) mass is 385 g/mol. The summed E-state index contributed by atoms with van der Waals surface area (Å²) in [6, 6.07) is 5.02. The molecule has 0 atom stereocenters. The molecule has 0 fully saturated rings. The number of carbonyl (C=O) groups is 1. The van der Waals surface area contributed by atoms with Gasteiger partial charge in [-0.05, 0) is 19.1 Å². The first kappa shape index (κ1) is 19.3. The SMILES string of the molecule is CCn1c(OC)nn(C(=O)NS(=O)(=O)N(C)c2ccccc2OC)c1=O. The number of carbonyl (C=O) groups excluding carboxylic acids is 1. The lowest BCUT2D eigenvalue weighted by Gasteiger charge is -2.21. The van der Waals surface area contributed by atoms with E-state index in [2.05, 4.69) is 5.10 Å². The van der Waals surface area contributed by atoms with Crippen LogP contribution in [0.1, 0.15) is 6.92 Å². The molecule has 12 heteroatoms. The summed E-state index contributed by atoms with van der Waals surface area (Å²) in [5.41, 5.74) is -0.615. The topological polar surface area (TPSA) is 125 Å². The summed E-state index contributed by atoms with van der Waals surface area (Å²) in [7, 11) is -0.415. The molecule has 0 unspecified atom stereocenters. The first-order valence-corrected chi connectivity index (χ1v) is 8.88. The molecule has 11 nitrogen and oxygen atoms in total. The Labute approximate surface area is 149 Å². The van der Waals surface area contributed by atoms with Gasteiger partial charge in [-0.2, -0.15) is 8.42 Å². The second-order valence-corrected chi connectivity index (χ2v) is 6.68. The summed E-state index contributed by atoms with van der Waals surface area (Å²) in [6.45, 7) is 1.85. The van der Waals surface area contributed by atoms with E-state index in [1.165, 1.54) is 27.3 Å². The molecule has 1 amide bonds. The lowest BCUT2D eigenvalue weighted by molar-refractivity contribution is 0.243. The Morgan fingerprint density at radius 2 is 1.92 bits per heavy atom. The first-order valence-electron chi connectivity index (χ1n) is 7.44. The molecular formula is C14H19N5O6S. The molecule has 26 heavy (non-hydrogen) atoms. The highest BCUT2D eigenvalue weighted by Gasteiger charge is 2.27. The summed E-state index contributed by atoms with van der Waals surface area (Å²) in [6.07, 6.45) is 0. The van der Waals surface area contributed by atoms with E-state index < -0.39 is 21.9 Å². The van der Waals surface area contributed by atoms with E-state index in [1.54, 1.807) is 29.8 Å². The molecule has 0 saturated heterocycles. The van der Waals surface area contributed by atoms with Crippen LogP contribution in [0.2, 0.25) is 0 Å². The number of para-hydroxylation sites is 2. The van der Waals surface area contributed by atoms with Crippen LogP contribution in [-0.4, -0.2) is 50.1 Å². The van der Waals surface area contributed by atoms with Crippen molar-refractivity contribution in [3.63, 3.8) is 0 Å². The standard InChI is InChI=1S/C14H19N5O6S/c1-5-18-13(25-4)15-19(14(18)21)12(20)16-26(22,23)17(2)10-8-6-7-9-11(10)24-3/h6-9H,5H2,1-4H3,(H,16,20). The van der Waals surface area contributed by atoms with Crippen molar-refractivity contribution in [1.82, 2.24) is 19.1 Å². The van der Waals surface area contributed by atoms with Crippen LogP contribution in [0.15, 0.2) is 29.1 Å². The number of nitrogens with zero attached hydrogens (tertiary/aromatic N) is 4. The fourth-order valence-corrected chi connectivity index (χ4v) is 3.03. The van der Waals surface area contributed by atoms with Crippen molar-refractivity contribution in [2.24, 2.45) is 0 Å². The van der Waals surface area contributed by atoms with Gasteiger partial charge in [-0.1, -0.05) is 12.1 Å². The highest BCUT2D eigenvalue weighted by atomic mass is 32.2. The Morgan fingerprint density at radius 1 is 1.27 bits per heavy atom. The van der Waals surface area contributed by atoms with Crippen molar-refractivity contribution in [3.05, 3.63) is 34.7 Å². The minimum Gasteiger partial charge on any atom is -0.495 e. The molecule has 2 aromatic rings. The Kier molecular flexibility index (Phi) is 5.55. The maximum atomic E-state index is 12.5. The van der Waals surface area contributed by atoms with Gasteiger partial charge in [0.1, 0.15) is 5.75 Å². The van der Waals surface area contributed by atoms with Crippen molar-refractivity contribution in [2.75, 3.05) is 25.6 Å². The van der Waals surface area contributed by atoms with E-state index in [4.69, 9.17) is 9.47 Å². The predicted molar refractivity (Wildman–Crippen MR) is 93.0 cm³/mol. The van der Waals surface area contributed by atoms with Gasteiger partial charge in [-0.3, -0.25) is 4.31 Å². The van der Waals surface area contributed by atoms with Crippen molar-refractivity contribution < 1.29 is 22.7 Å². The number of ether oxygens (including phenoxy) is 2.